The van der Waals surface area contributed by atoms with Gasteiger partial charge in [-0.3, -0.25) is 10.00 Å². The van der Waals surface area contributed by atoms with E-state index in [4.69, 9.17) is 4.74 Å². The first-order valence-electron chi connectivity index (χ1n) is 11.4. The molecule has 1 saturated heterocycles. The van der Waals surface area contributed by atoms with Crippen molar-refractivity contribution in [2.24, 2.45) is 0 Å². The summed E-state index contributed by atoms with van der Waals surface area (Å²) in [5.74, 6) is 0. The first-order chi connectivity index (χ1) is 15.4. The topological polar surface area (TPSA) is 63.2 Å². The third kappa shape index (κ3) is 4.02. The summed E-state index contributed by atoms with van der Waals surface area (Å²) in [4.78, 5) is 15.8. The van der Waals surface area contributed by atoms with Crippen molar-refractivity contribution in [2.45, 2.75) is 52.2 Å². The van der Waals surface area contributed by atoms with Gasteiger partial charge in [0.1, 0.15) is 11.3 Å². The van der Waals surface area contributed by atoms with Gasteiger partial charge in [-0.25, -0.2) is 9.36 Å². The highest BCUT2D eigenvalue weighted by Gasteiger charge is 2.25. The second-order valence-corrected chi connectivity index (χ2v) is 9.69. The summed E-state index contributed by atoms with van der Waals surface area (Å²) in [6, 6.07) is 16.4. The van der Waals surface area contributed by atoms with Crippen LogP contribution in [0.25, 0.3) is 33.2 Å². The van der Waals surface area contributed by atoms with E-state index in [9.17, 15) is 4.79 Å². The zero-order valence-corrected chi connectivity index (χ0v) is 19.0. The average molecular weight is 431 g/mol. The van der Waals surface area contributed by atoms with Gasteiger partial charge >= 0.3 is 6.09 Å². The minimum atomic E-state index is -0.590. The smallest absolute Gasteiger partial charge is 0.419 e. The predicted molar refractivity (Wildman–Crippen MR) is 128 cm³/mol. The molecular weight excluding hydrogens is 400 g/mol. The Hall–Kier alpha value is -3.12. The van der Waals surface area contributed by atoms with E-state index in [1.165, 1.54) is 24.8 Å². The highest BCUT2D eigenvalue weighted by Crippen LogP contribution is 2.33. The Bertz CT molecular complexity index is 1270. The zero-order valence-electron chi connectivity index (χ0n) is 19.0. The highest BCUT2D eigenvalue weighted by molar-refractivity contribution is 6.01. The summed E-state index contributed by atoms with van der Waals surface area (Å²) in [5, 5.41) is 9.64. The van der Waals surface area contributed by atoms with E-state index >= 15 is 0 Å². The van der Waals surface area contributed by atoms with Crippen molar-refractivity contribution in [3.05, 3.63) is 54.1 Å². The molecule has 0 bridgehead atoms. The number of H-pyrrole nitrogens is 1. The number of nitrogens with one attached hydrogen (secondary N) is 1. The normalized spacial score (nSPS) is 15.5. The molecule has 6 nitrogen and oxygen atoms in total. The number of ether oxygens (including phenoxy) is 1. The van der Waals surface area contributed by atoms with Crippen LogP contribution in [0, 0.1) is 0 Å². The van der Waals surface area contributed by atoms with Crippen molar-refractivity contribution in [1.29, 1.82) is 0 Å². The molecular formula is C26H30N4O2. The lowest BCUT2D eigenvalue weighted by Crippen LogP contribution is -2.29. The van der Waals surface area contributed by atoms with Crippen LogP contribution in [0.1, 0.15) is 45.6 Å². The van der Waals surface area contributed by atoms with Crippen LogP contribution in [0.3, 0.4) is 0 Å². The van der Waals surface area contributed by atoms with Crippen LogP contribution < -0.4 is 0 Å². The van der Waals surface area contributed by atoms with E-state index in [0.717, 1.165) is 52.8 Å². The van der Waals surface area contributed by atoms with Crippen molar-refractivity contribution in [2.75, 3.05) is 13.1 Å². The van der Waals surface area contributed by atoms with Crippen LogP contribution in [0.2, 0.25) is 0 Å². The van der Waals surface area contributed by atoms with E-state index in [1.54, 1.807) is 4.57 Å². The zero-order chi connectivity index (χ0) is 22.3. The quantitative estimate of drug-likeness (QED) is 0.436. The molecule has 5 rings (SSSR count). The molecule has 1 fully saturated rings. The molecule has 0 radical (unpaired) electrons. The molecule has 1 aliphatic heterocycles. The van der Waals surface area contributed by atoms with Crippen molar-refractivity contribution >= 4 is 27.9 Å². The molecule has 0 saturated carbocycles. The molecule has 0 aliphatic carbocycles. The van der Waals surface area contributed by atoms with Crippen LogP contribution >= 0.6 is 0 Å². The van der Waals surface area contributed by atoms with Crippen molar-refractivity contribution in [3.8, 4) is 11.4 Å². The number of aromatic amines is 1. The third-order valence-electron chi connectivity index (χ3n) is 6.01. The van der Waals surface area contributed by atoms with Crippen LogP contribution in [0.4, 0.5) is 4.79 Å². The lowest BCUT2D eigenvalue weighted by Gasteiger charge is -2.26. The van der Waals surface area contributed by atoms with Crippen molar-refractivity contribution in [1.82, 2.24) is 19.7 Å². The minimum Gasteiger partial charge on any atom is -0.443 e. The van der Waals surface area contributed by atoms with Gasteiger partial charge in [-0.15, -0.1) is 0 Å². The molecule has 0 unspecified atom stereocenters. The van der Waals surface area contributed by atoms with Gasteiger partial charge in [0.15, 0.2) is 0 Å². The second-order valence-electron chi connectivity index (χ2n) is 9.69. The number of carbonyl (C=O) groups is 1. The van der Waals surface area contributed by atoms with Gasteiger partial charge in [-0.1, -0.05) is 30.7 Å². The molecule has 2 aromatic heterocycles. The highest BCUT2D eigenvalue weighted by atomic mass is 16.6. The maximum atomic E-state index is 13.3. The Labute approximate surface area is 188 Å². The van der Waals surface area contributed by atoms with Gasteiger partial charge in [-0.05, 0) is 76.5 Å². The Morgan fingerprint density at radius 2 is 1.84 bits per heavy atom. The number of carbonyl (C=O) groups excluding carboxylic acids is 1. The van der Waals surface area contributed by atoms with Gasteiger partial charge in [0.05, 0.1) is 16.7 Å². The van der Waals surface area contributed by atoms with Crippen LogP contribution in [0.15, 0.2) is 48.5 Å². The van der Waals surface area contributed by atoms with Crippen LogP contribution in [-0.2, 0) is 11.3 Å². The summed E-state index contributed by atoms with van der Waals surface area (Å²) in [6.45, 7) is 8.90. The van der Waals surface area contributed by atoms with E-state index in [0.29, 0.717) is 0 Å². The summed E-state index contributed by atoms with van der Waals surface area (Å²) in [6.07, 6.45) is 3.48. The fraction of sp³-hybridized carbons (Fsp3) is 0.385. The van der Waals surface area contributed by atoms with Gasteiger partial charge in [0.25, 0.3) is 0 Å². The number of likely N-dealkylation sites (tertiary alicyclic amines) is 1. The molecule has 0 atom stereocenters. The van der Waals surface area contributed by atoms with Crippen molar-refractivity contribution < 1.29 is 9.53 Å². The number of aromatic nitrogens is 3. The molecule has 0 spiro atoms. The molecule has 1 aliphatic rings. The SMILES string of the molecule is CC(C)(C)OC(=O)n1c(-c2n[nH]c3ccccc23)cc2cc(CN3CCCCC3)ccc21. The lowest BCUT2D eigenvalue weighted by molar-refractivity contribution is 0.0547. The number of nitrogens with zero attached hydrogens (tertiary/aromatic N) is 3. The molecule has 0 amide bonds. The largest absolute Gasteiger partial charge is 0.443 e. The fourth-order valence-corrected chi connectivity index (χ4v) is 4.58. The minimum absolute atomic E-state index is 0.390. The number of benzene rings is 2. The predicted octanol–water partition coefficient (Wildman–Crippen LogP) is 5.95. The Kier molecular flexibility index (Phi) is 5.25. The molecule has 2 aromatic carbocycles. The third-order valence-corrected chi connectivity index (χ3v) is 6.01. The molecule has 3 heterocycles. The molecule has 4 aromatic rings. The molecule has 1 N–H and O–H groups in total. The summed E-state index contributed by atoms with van der Waals surface area (Å²) < 4.78 is 7.43. The summed E-state index contributed by atoms with van der Waals surface area (Å²) in [5.41, 5.74) is 3.94. The first-order valence-corrected chi connectivity index (χ1v) is 11.4. The summed E-state index contributed by atoms with van der Waals surface area (Å²) >= 11 is 0. The average Bonchev–Trinajstić information content (AvgIpc) is 3.34. The summed E-state index contributed by atoms with van der Waals surface area (Å²) in [7, 11) is 0. The van der Waals surface area contributed by atoms with Gasteiger partial charge in [-0.2, -0.15) is 5.10 Å². The molecule has 166 valence electrons. The van der Waals surface area contributed by atoms with Crippen LogP contribution in [-0.4, -0.2) is 44.4 Å². The number of piperidine rings is 1. The molecule has 6 heteroatoms. The number of hydrogen-bond donors (Lipinski definition) is 1. The van der Waals surface area contributed by atoms with Gasteiger partial charge in [0.2, 0.25) is 0 Å². The molecule has 32 heavy (non-hydrogen) atoms. The van der Waals surface area contributed by atoms with Gasteiger partial charge < -0.3 is 4.74 Å². The van der Waals surface area contributed by atoms with Crippen LogP contribution in [0.5, 0.6) is 0 Å². The maximum absolute atomic E-state index is 13.3. The Morgan fingerprint density at radius 1 is 1.06 bits per heavy atom. The second kappa shape index (κ2) is 8.10. The van der Waals surface area contributed by atoms with E-state index in [1.807, 2.05) is 51.1 Å². The standard InChI is InChI=1S/C26H30N4O2/c1-26(2,3)32-25(31)30-22-12-11-18(17-29-13-7-4-8-14-29)15-19(22)16-23(30)24-20-9-5-6-10-21(20)27-28-24/h5-6,9-12,15-16H,4,7-8,13-14,17H2,1-3H3,(H,27,28). The van der Waals surface area contributed by atoms with Gasteiger partial charge in [0, 0.05) is 17.3 Å². The number of rotatable bonds is 3. The lowest BCUT2D eigenvalue weighted by atomic mass is 10.1. The number of hydrogen-bond acceptors (Lipinski definition) is 4. The van der Waals surface area contributed by atoms with Crippen molar-refractivity contribution in [3.63, 3.8) is 0 Å². The van der Waals surface area contributed by atoms with E-state index < -0.39 is 11.7 Å². The maximum Gasteiger partial charge on any atom is 0.419 e. The Balaban J connectivity index is 1.61. The van der Waals surface area contributed by atoms with E-state index in [-0.39, 0.29) is 0 Å². The fourth-order valence-electron chi connectivity index (χ4n) is 4.58. The number of para-hydroxylation sites is 1. The Morgan fingerprint density at radius 3 is 2.62 bits per heavy atom. The number of fused-ring (bicyclic) bond motifs is 2. The van der Waals surface area contributed by atoms with E-state index in [2.05, 4.69) is 33.3 Å². The first kappa shape index (κ1) is 20.8. The monoisotopic (exact) mass is 430 g/mol.